The maximum absolute atomic E-state index is 12.2. The largest absolute Gasteiger partial charge is 0.436 e. The van der Waals surface area contributed by atoms with Gasteiger partial charge in [-0.25, -0.2) is 9.97 Å². The number of nitrogens with zero attached hydrogens (tertiary/aromatic N) is 3. The fourth-order valence-electron chi connectivity index (χ4n) is 4.19. The van der Waals surface area contributed by atoms with E-state index in [1.54, 1.807) is 12.4 Å². The lowest BCUT2D eigenvalue weighted by molar-refractivity contribution is -0.117. The number of aromatic nitrogens is 3. The lowest BCUT2D eigenvalue weighted by atomic mass is 9.98. The molecule has 31 heavy (non-hydrogen) atoms. The van der Waals surface area contributed by atoms with Crippen LogP contribution in [0.25, 0.3) is 33.3 Å². The molecule has 2 fully saturated rings. The van der Waals surface area contributed by atoms with Crippen LogP contribution in [0.4, 0.5) is 5.82 Å². The van der Waals surface area contributed by atoms with Gasteiger partial charge >= 0.3 is 0 Å². The van der Waals surface area contributed by atoms with Gasteiger partial charge < -0.3 is 14.5 Å². The minimum atomic E-state index is 0.0319. The third kappa shape index (κ3) is 3.35. The third-order valence-electron chi connectivity index (χ3n) is 6.21. The zero-order valence-corrected chi connectivity index (χ0v) is 17.2. The molecule has 4 heterocycles. The van der Waals surface area contributed by atoms with Crippen molar-refractivity contribution in [1.29, 1.82) is 0 Å². The first-order valence-corrected chi connectivity index (χ1v) is 10.7. The number of fused-ring (bicyclic) bond motifs is 2. The topological polar surface area (TPSA) is 90.1 Å². The first kappa shape index (κ1) is 18.4. The summed E-state index contributed by atoms with van der Waals surface area (Å²) in [6.07, 6.45) is 6.47. The Balaban J connectivity index is 1.42. The van der Waals surface area contributed by atoms with Crippen molar-refractivity contribution in [3.05, 3.63) is 47.9 Å². The van der Waals surface area contributed by atoms with Crippen LogP contribution in [0.15, 0.2) is 41.1 Å². The maximum atomic E-state index is 12.2. The number of hydrogen-bond donors (Lipinski definition) is 1. The van der Waals surface area contributed by atoms with E-state index in [2.05, 4.69) is 27.4 Å². The molecule has 1 amide bonds. The summed E-state index contributed by atoms with van der Waals surface area (Å²) in [7, 11) is 0. The van der Waals surface area contributed by atoms with Crippen LogP contribution < -0.4 is 5.32 Å². The van der Waals surface area contributed by atoms with Gasteiger partial charge in [-0.1, -0.05) is 6.07 Å². The number of oxazole rings is 1. The Labute approximate surface area is 178 Å². The van der Waals surface area contributed by atoms with Crippen LogP contribution in [0.3, 0.4) is 0 Å². The molecule has 1 aromatic carbocycles. The van der Waals surface area contributed by atoms with Gasteiger partial charge in [-0.3, -0.25) is 9.78 Å². The van der Waals surface area contributed by atoms with Crippen LogP contribution in [0, 0.1) is 12.8 Å². The van der Waals surface area contributed by atoms with Crippen molar-refractivity contribution in [2.45, 2.75) is 32.1 Å². The lowest BCUT2D eigenvalue weighted by Crippen LogP contribution is -2.14. The first-order valence-electron chi connectivity index (χ1n) is 10.7. The lowest BCUT2D eigenvalue weighted by Gasteiger charge is -2.08. The van der Waals surface area contributed by atoms with Gasteiger partial charge in [0.25, 0.3) is 0 Å². The fourth-order valence-corrected chi connectivity index (χ4v) is 4.19. The molecule has 1 aliphatic carbocycles. The Morgan fingerprint density at radius 1 is 1.10 bits per heavy atom. The van der Waals surface area contributed by atoms with E-state index in [0.29, 0.717) is 17.6 Å². The second kappa shape index (κ2) is 7.13. The molecule has 1 saturated heterocycles. The second-order valence-corrected chi connectivity index (χ2v) is 8.44. The normalized spacial score (nSPS) is 18.7. The Kier molecular flexibility index (Phi) is 4.24. The first-order chi connectivity index (χ1) is 15.2. The molecule has 4 aromatic rings. The summed E-state index contributed by atoms with van der Waals surface area (Å²) in [6.45, 7) is 3.50. The Morgan fingerprint density at radius 2 is 2.00 bits per heavy atom. The molecule has 0 radical (unpaired) electrons. The molecule has 7 heteroatoms. The van der Waals surface area contributed by atoms with Crippen molar-refractivity contribution < 1.29 is 13.9 Å². The van der Waals surface area contributed by atoms with E-state index in [9.17, 15) is 4.79 Å². The zero-order valence-electron chi connectivity index (χ0n) is 17.2. The molecular weight excluding hydrogens is 392 g/mol. The summed E-state index contributed by atoms with van der Waals surface area (Å²) in [6, 6.07) is 8.05. The number of benzene rings is 1. The van der Waals surface area contributed by atoms with E-state index in [1.807, 2.05) is 19.1 Å². The smallest absolute Gasteiger partial charge is 0.229 e. The fraction of sp³-hybridized carbons (Fsp3) is 0.333. The zero-order chi connectivity index (χ0) is 20.9. The number of hydrogen-bond acceptors (Lipinski definition) is 6. The number of amides is 1. The number of rotatable bonds is 4. The van der Waals surface area contributed by atoms with Crippen LogP contribution in [0.1, 0.15) is 36.4 Å². The van der Waals surface area contributed by atoms with Crippen molar-refractivity contribution in [2.24, 2.45) is 5.92 Å². The predicted molar refractivity (Wildman–Crippen MR) is 117 cm³/mol. The molecule has 1 saturated carbocycles. The number of anilines is 1. The standard InChI is InChI=1S/C24H22N4O3/c1-13-18-10-26-22(28-23(29)14-2-3-14)9-17(18)19(11-25-13)24-27-20-8-15(4-5-21(20)31-24)16-6-7-30-12-16/h4-5,8-11,14,16H,2-3,6-7,12H2,1H3,(H,26,28,29)/t16-/m0/s1. The van der Waals surface area contributed by atoms with Gasteiger partial charge in [0, 0.05) is 47.3 Å². The van der Waals surface area contributed by atoms with E-state index >= 15 is 0 Å². The average molecular weight is 414 g/mol. The molecule has 2 aliphatic rings. The van der Waals surface area contributed by atoms with Gasteiger partial charge in [-0.05, 0) is 49.9 Å². The molecule has 3 aromatic heterocycles. The highest BCUT2D eigenvalue weighted by molar-refractivity contribution is 6.00. The van der Waals surface area contributed by atoms with Crippen LogP contribution in [0.5, 0.6) is 0 Å². The van der Waals surface area contributed by atoms with Crippen molar-refractivity contribution in [3.63, 3.8) is 0 Å². The molecule has 0 unspecified atom stereocenters. The van der Waals surface area contributed by atoms with Crippen molar-refractivity contribution in [3.8, 4) is 11.5 Å². The highest BCUT2D eigenvalue weighted by Gasteiger charge is 2.30. The molecular formula is C24H22N4O3. The van der Waals surface area contributed by atoms with Crippen molar-refractivity contribution in [1.82, 2.24) is 15.0 Å². The number of carbonyl (C=O) groups excluding carboxylic acids is 1. The molecule has 6 rings (SSSR count). The van der Waals surface area contributed by atoms with Gasteiger partial charge in [0.15, 0.2) is 5.58 Å². The Bertz CT molecular complexity index is 1320. The van der Waals surface area contributed by atoms with Crippen LogP contribution >= 0.6 is 0 Å². The highest BCUT2D eigenvalue weighted by atomic mass is 16.5. The van der Waals surface area contributed by atoms with E-state index in [-0.39, 0.29) is 11.8 Å². The third-order valence-corrected chi connectivity index (χ3v) is 6.21. The maximum Gasteiger partial charge on any atom is 0.229 e. The van der Waals surface area contributed by atoms with E-state index in [0.717, 1.165) is 65.6 Å². The minimum Gasteiger partial charge on any atom is -0.436 e. The van der Waals surface area contributed by atoms with E-state index < -0.39 is 0 Å². The van der Waals surface area contributed by atoms with E-state index in [4.69, 9.17) is 14.1 Å². The van der Waals surface area contributed by atoms with E-state index in [1.165, 1.54) is 5.56 Å². The monoisotopic (exact) mass is 414 g/mol. The van der Waals surface area contributed by atoms with Gasteiger partial charge in [-0.15, -0.1) is 0 Å². The van der Waals surface area contributed by atoms with Gasteiger partial charge in [-0.2, -0.15) is 0 Å². The summed E-state index contributed by atoms with van der Waals surface area (Å²) in [5, 5.41) is 4.74. The van der Waals surface area contributed by atoms with Crippen LogP contribution in [0.2, 0.25) is 0 Å². The minimum absolute atomic E-state index is 0.0319. The number of aryl methyl sites for hydroxylation is 1. The second-order valence-electron chi connectivity index (χ2n) is 8.44. The number of pyridine rings is 2. The molecule has 0 bridgehead atoms. The average Bonchev–Trinajstić information content (AvgIpc) is 3.32. The van der Waals surface area contributed by atoms with Crippen molar-refractivity contribution >= 4 is 33.6 Å². The van der Waals surface area contributed by atoms with Gasteiger partial charge in [0.05, 0.1) is 12.2 Å². The van der Waals surface area contributed by atoms with Gasteiger partial charge in [0.1, 0.15) is 11.3 Å². The molecule has 1 atom stereocenters. The molecule has 7 nitrogen and oxygen atoms in total. The summed E-state index contributed by atoms with van der Waals surface area (Å²) >= 11 is 0. The van der Waals surface area contributed by atoms with Crippen molar-refractivity contribution in [2.75, 3.05) is 18.5 Å². The molecule has 1 N–H and O–H groups in total. The quantitative estimate of drug-likeness (QED) is 0.525. The Morgan fingerprint density at radius 3 is 2.81 bits per heavy atom. The number of nitrogens with one attached hydrogen (secondary N) is 1. The SMILES string of the molecule is Cc1ncc(-c2nc3cc([C@H]4CCOC4)ccc3o2)c2cc(NC(=O)C3CC3)ncc12. The van der Waals surface area contributed by atoms with Gasteiger partial charge in [0.2, 0.25) is 11.8 Å². The number of carbonyl (C=O) groups is 1. The molecule has 156 valence electrons. The summed E-state index contributed by atoms with van der Waals surface area (Å²) < 4.78 is 11.6. The summed E-state index contributed by atoms with van der Waals surface area (Å²) in [5.41, 5.74) is 4.44. The molecule has 0 spiro atoms. The number of ether oxygens (including phenoxy) is 1. The molecule has 1 aliphatic heterocycles. The summed E-state index contributed by atoms with van der Waals surface area (Å²) in [4.78, 5) is 25.9. The summed E-state index contributed by atoms with van der Waals surface area (Å²) in [5.74, 6) is 1.61. The highest BCUT2D eigenvalue weighted by Crippen LogP contribution is 2.35. The predicted octanol–water partition coefficient (Wildman–Crippen LogP) is 4.60. The Hall–Kier alpha value is -3.32. The van der Waals surface area contributed by atoms with Crippen LogP contribution in [-0.4, -0.2) is 34.1 Å². The van der Waals surface area contributed by atoms with Crippen LogP contribution in [-0.2, 0) is 9.53 Å².